The molecule has 1 aliphatic heterocycles. The van der Waals surface area contributed by atoms with Crippen molar-refractivity contribution >= 4 is 5.91 Å². The average molecular weight is 278 g/mol. The van der Waals surface area contributed by atoms with Gasteiger partial charge in [-0.05, 0) is 38.1 Å². The largest absolute Gasteiger partial charge is 0.496 e. The fourth-order valence-corrected chi connectivity index (χ4v) is 2.28. The quantitative estimate of drug-likeness (QED) is 0.768. The molecule has 0 radical (unpaired) electrons. The van der Waals surface area contributed by atoms with Gasteiger partial charge in [0.15, 0.2) is 0 Å². The van der Waals surface area contributed by atoms with Crippen LogP contribution in [0.2, 0.25) is 0 Å². The molecule has 0 aliphatic carbocycles. The maximum absolute atomic E-state index is 12.0. The Labute approximate surface area is 119 Å². The summed E-state index contributed by atoms with van der Waals surface area (Å²) >= 11 is 0. The Morgan fingerprint density at radius 2 is 2.10 bits per heavy atom. The van der Waals surface area contributed by atoms with E-state index >= 15 is 0 Å². The topological polar surface area (TPSA) is 59.6 Å². The Hall–Kier alpha value is -1.59. The van der Waals surface area contributed by atoms with Gasteiger partial charge in [0, 0.05) is 6.54 Å². The van der Waals surface area contributed by atoms with Gasteiger partial charge < -0.3 is 20.1 Å². The minimum Gasteiger partial charge on any atom is -0.496 e. The van der Waals surface area contributed by atoms with Gasteiger partial charge in [0.05, 0.1) is 25.4 Å². The fourth-order valence-electron chi connectivity index (χ4n) is 2.28. The molecule has 1 fully saturated rings. The summed E-state index contributed by atoms with van der Waals surface area (Å²) in [7, 11) is 1.56. The Balaban J connectivity index is 1.72. The molecule has 2 N–H and O–H groups in total. The van der Waals surface area contributed by atoms with E-state index in [1.165, 1.54) is 0 Å². The molecule has 0 spiro atoms. The molecule has 5 nitrogen and oxygen atoms in total. The van der Waals surface area contributed by atoms with E-state index in [0.29, 0.717) is 30.6 Å². The SMILES string of the molecule is COc1ccccc1C(=O)NCCOC1CCNCC1. The van der Waals surface area contributed by atoms with Gasteiger partial charge in [-0.25, -0.2) is 0 Å². The van der Waals surface area contributed by atoms with E-state index < -0.39 is 0 Å². The molecule has 1 heterocycles. The Morgan fingerprint density at radius 3 is 2.85 bits per heavy atom. The van der Waals surface area contributed by atoms with Gasteiger partial charge in [-0.2, -0.15) is 0 Å². The van der Waals surface area contributed by atoms with Gasteiger partial charge in [-0.1, -0.05) is 12.1 Å². The number of carbonyl (C=O) groups excluding carboxylic acids is 1. The molecular formula is C15H22N2O3. The summed E-state index contributed by atoms with van der Waals surface area (Å²) in [6, 6.07) is 7.20. The highest BCUT2D eigenvalue weighted by molar-refractivity contribution is 5.96. The fraction of sp³-hybridized carbons (Fsp3) is 0.533. The van der Waals surface area contributed by atoms with Crippen molar-refractivity contribution in [3.8, 4) is 5.75 Å². The summed E-state index contributed by atoms with van der Waals surface area (Å²) in [6.45, 7) is 3.09. The molecule has 1 aliphatic rings. The minimum absolute atomic E-state index is 0.128. The van der Waals surface area contributed by atoms with Crippen molar-refractivity contribution in [2.75, 3.05) is 33.4 Å². The first-order chi connectivity index (χ1) is 9.81. The van der Waals surface area contributed by atoms with E-state index in [0.717, 1.165) is 25.9 Å². The van der Waals surface area contributed by atoms with Crippen molar-refractivity contribution in [3.63, 3.8) is 0 Å². The van der Waals surface area contributed by atoms with Crippen molar-refractivity contribution in [3.05, 3.63) is 29.8 Å². The van der Waals surface area contributed by atoms with Gasteiger partial charge in [-0.15, -0.1) is 0 Å². The highest BCUT2D eigenvalue weighted by atomic mass is 16.5. The van der Waals surface area contributed by atoms with Gasteiger partial charge in [0.2, 0.25) is 0 Å². The second kappa shape index (κ2) is 7.87. The van der Waals surface area contributed by atoms with Crippen LogP contribution in [0.3, 0.4) is 0 Å². The number of nitrogens with one attached hydrogen (secondary N) is 2. The lowest BCUT2D eigenvalue weighted by Crippen LogP contribution is -2.34. The van der Waals surface area contributed by atoms with Crippen LogP contribution in [0.4, 0.5) is 0 Å². The number of hydrogen-bond acceptors (Lipinski definition) is 4. The number of amides is 1. The lowest BCUT2D eigenvalue weighted by molar-refractivity contribution is 0.0343. The third kappa shape index (κ3) is 4.21. The van der Waals surface area contributed by atoms with Gasteiger partial charge >= 0.3 is 0 Å². The molecule has 1 amide bonds. The molecule has 0 atom stereocenters. The van der Waals surface area contributed by atoms with Crippen molar-refractivity contribution in [2.24, 2.45) is 0 Å². The molecule has 1 aromatic carbocycles. The van der Waals surface area contributed by atoms with Crippen LogP contribution in [-0.4, -0.2) is 45.4 Å². The monoisotopic (exact) mass is 278 g/mol. The van der Waals surface area contributed by atoms with Crippen molar-refractivity contribution in [2.45, 2.75) is 18.9 Å². The van der Waals surface area contributed by atoms with E-state index in [1.54, 1.807) is 19.2 Å². The Kier molecular flexibility index (Phi) is 5.83. The predicted molar refractivity (Wildman–Crippen MR) is 77.2 cm³/mol. The average Bonchev–Trinajstić information content (AvgIpc) is 2.52. The zero-order valence-electron chi connectivity index (χ0n) is 11.9. The number of benzene rings is 1. The lowest BCUT2D eigenvalue weighted by Gasteiger charge is -2.22. The standard InChI is InChI=1S/C15H22N2O3/c1-19-14-5-3-2-4-13(14)15(18)17-10-11-20-12-6-8-16-9-7-12/h2-5,12,16H,6-11H2,1H3,(H,17,18). The maximum atomic E-state index is 12.0. The minimum atomic E-state index is -0.128. The number of hydrogen-bond donors (Lipinski definition) is 2. The van der Waals surface area contributed by atoms with Gasteiger partial charge in [0.1, 0.15) is 5.75 Å². The smallest absolute Gasteiger partial charge is 0.255 e. The van der Waals surface area contributed by atoms with Crippen LogP contribution in [-0.2, 0) is 4.74 Å². The second-order valence-electron chi connectivity index (χ2n) is 4.78. The molecule has 0 aromatic heterocycles. The molecular weight excluding hydrogens is 256 g/mol. The number of rotatable bonds is 6. The van der Waals surface area contributed by atoms with Crippen LogP contribution in [0.15, 0.2) is 24.3 Å². The Bertz CT molecular complexity index is 431. The van der Waals surface area contributed by atoms with Crippen LogP contribution in [0.1, 0.15) is 23.2 Å². The van der Waals surface area contributed by atoms with Crippen LogP contribution in [0, 0.1) is 0 Å². The number of methoxy groups -OCH3 is 1. The number of ether oxygens (including phenoxy) is 2. The molecule has 20 heavy (non-hydrogen) atoms. The summed E-state index contributed by atoms with van der Waals surface area (Å²) in [6.07, 6.45) is 2.40. The van der Waals surface area contributed by atoms with Crippen LogP contribution in [0.5, 0.6) is 5.75 Å². The lowest BCUT2D eigenvalue weighted by atomic mass is 10.1. The van der Waals surface area contributed by atoms with Crippen molar-refractivity contribution in [1.29, 1.82) is 0 Å². The normalized spacial score (nSPS) is 15.8. The zero-order chi connectivity index (χ0) is 14.2. The summed E-state index contributed by atoms with van der Waals surface area (Å²) in [4.78, 5) is 12.0. The van der Waals surface area contributed by atoms with Crippen LogP contribution in [0.25, 0.3) is 0 Å². The van der Waals surface area contributed by atoms with E-state index in [4.69, 9.17) is 9.47 Å². The second-order valence-corrected chi connectivity index (χ2v) is 4.78. The van der Waals surface area contributed by atoms with E-state index in [2.05, 4.69) is 10.6 Å². The highest BCUT2D eigenvalue weighted by Gasteiger charge is 2.14. The zero-order valence-corrected chi connectivity index (χ0v) is 11.9. The first kappa shape index (κ1) is 14.8. The van der Waals surface area contributed by atoms with Crippen molar-refractivity contribution < 1.29 is 14.3 Å². The molecule has 1 aromatic rings. The first-order valence-electron chi connectivity index (χ1n) is 7.05. The number of piperidine rings is 1. The van der Waals surface area contributed by atoms with Crippen LogP contribution >= 0.6 is 0 Å². The van der Waals surface area contributed by atoms with E-state index in [1.807, 2.05) is 12.1 Å². The van der Waals surface area contributed by atoms with Gasteiger partial charge in [-0.3, -0.25) is 4.79 Å². The molecule has 1 saturated heterocycles. The predicted octanol–water partition coefficient (Wildman–Crippen LogP) is 1.19. The summed E-state index contributed by atoms with van der Waals surface area (Å²) < 4.78 is 10.9. The third-order valence-corrected chi connectivity index (χ3v) is 3.38. The molecule has 2 rings (SSSR count). The summed E-state index contributed by atoms with van der Waals surface area (Å²) in [5.74, 6) is 0.459. The Morgan fingerprint density at radius 1 is 1.35 bits per heavy atom. The molecule has 0 bridgehead atoms. The maximum Gasteiger partial charge on any atom is 0.255 e. The number of para-hydroxylation sites is 1. The first-order valence-corrected chi connectivity index (χ1v) is 7.05. The number of carbonyl (C=O) groups is 1. The molecule has 5 heteroatoms. The summed E-state index contributed by atoms with van der Waals surface area (Å²) in [5, 5.41) is 6.15. The summed E-state index contributed by atoms with van der Waals surface area (Å²) in [5.41, 5.74) is 0.553. The molecule has 0 unspecified atom stereocenters. The molecule has 110 valence electrons. The van der Waals surface area contributed by atoms with Crippen LogP contribution < -0.4 is 15.4 Å². The highest BCUT2D eigenvalue weighted by Crippen LogP contribution is 2.16. The third-order valence-electron chi connectivity index (χ3n) is 3.38. The van der Waals surface area contributed by atoms with E-state index in [-0.39, 0.29) is 5.91 Å². The van der Waals surface area contributed by atoms with Gasteiger partial charge in [0.25, 0.3) is 5.91 Å². The van der Waals surface area contributed by atoms with Crippen molar-refractivity contribution in [1.82, 2.24) is 10.6 Å². The molecule has 0 saturated carbocycles. The van der Waals surface area contributed by atoms with E-state index in [9.17, 15) is 4.79 Å².